The molecule has 1 aromatic carbocycles. The van der Waals surface area contributed by atoms with Gasteiger partial charge in [-0.3, -0.25) is 9.36 Å². The summed E-state index contributed by atoms with van der Waals surface area (Å²) in [6.45, 7) is 8.27. The van der Waals surface area contributed by atoms with Gasteiger partial charge < -0.3 is 9.30 Å². The summed E-state index contributed by atoms with van der Waals surface area (Å²) in [6.07, 6.45) is 12.9. The topological polar surface area (TPSA) is 79.0 Å². The fourth-order valence-electron chi connectivity index (χ4n) is 4.47. The van der Waals surface area contributed by atoms with Crippen LogP contribution < -0.4 is 16.0 Å². The second-order valence-electron chi connectivity index (χ2n) is 9.47. The number of hydrogen-bond acceptors (Lipinski definition) is 5. The minimum atomic E-state index is -0.481. The lowest BCUT2D eigenvalue weighted by Crippen LogP contribution is -2.38. The van der Waals surface area contributed by atoms with E-state index in [0.29, 0.717) is 25.5 Å². The average molecular weight is 483 g/mol. The van der Waals surface area contributed by atoms with Crippen LogP contribution >= 0.6 is 0 Å². The van der Waals surface area contributed by atoms with Crippen LogP contribution in [0.25, 0.3) is 22.6 Å². The Morgan fingerprint density at radius 2 is 1.37 bits per heavy atom. The van der Waals surface area contributed by atoms with Crippen molar-refractivity contribution in [2.45, 2.75) is 111 Å². The molecule has 0 atom stereocenters. The van der Waals surface area contributed by atoms with Gasteiger partial charge in [-0.25, -0.2) is 9.78 Å². The van der Waals surface area contributed by atoms with E-state index in [2.05, 4.69) is 30.7 Å². The molecule has 0 aromatic heterocycles. The number of aryl methyl sites for hydroxylation is 1. The fraction of sp³-hybridized carbons (Fsp3) is 0.643. The Balaban J connectivity index is 1.99. The van der Waals surface area contributed by atoms with Crippen molar-refractivity contribution in [2.24, 2.45) is 0 Å². The van der Waals surface area contributed by atoms with Crippen molar-refractivity contribution in [1.82, 2.24) is 19.1 Å². The highest BCUT2D eigenvalue weighted by atomic mass is 16.5. The molecular formula is C28H42N4O3. The summed E-state index contributed by atoms with van der Waals surface area (Å²) >= 11 is 0. The van der Waals surface area contributed by atoms with Crippen LogP contribution in [-0.4, -0.2) is 25.7 Å². The summed E-state index contributed by atoms with van der Waals surface area (Å²) in [5.74, 6) is 1.16. The van der Waals surface area contributed by atoms with Crippen molar-refractivity contribution >= 4 is 11.0 Å². The van der Waals surface area contributed by atoms with Crippen molar-refractivity contribution in [1.29, 1.82) is 0 Å². The number of fused-ring (bicyclic) bond motifs is 2. The van der Waals surface area contributed by atoms with Crippen LogP contribution in [-0.2, 0) is 13.1 Å². The number of benzene rings is 1. The van der Waals surface area contributed by atoms with Crippen molar-refractivity contribution in [2.75, 3.05) is 6.61 Å². The highest BCUT2D eigenvalue weighted by Gasteiger charge is 2.21. The van der Waals surface area contributed by atoms with Crippen molar-refractivity contribution in [3.05, 3.63) is 39.0 Å². The van der Waals surface area contributed by atoms with Gasteiger partial charge in [-0.2, -0.15) is 4.98 Å². The van der Waals surface area contributed by atoms with Gasteiger partial charge in [-0.05, 0) is 31.4 Å². The van der Waals surface area contributed by atoms with E-state index >= 15 is 0 Å². The molecule has 0 aliphatic carbocycles. The number of rotatable bonds is 16. The first-order valence-corrected chi connectivity index (χ1v) is 13.7. The van der Waals surface area contributed by atoms with E-state index in [-0.39, 0.29) is 11.3 Å². The Morgan fingerprint density at radius 1 is 0.743 bits per heavy atom. The number of nitrogens with zero attached hydrogens (tertiary/aromatic N) is 4. The van der Waals surface area contributed by atoms with E-state index in [0.717, 1.165) is 81.0 Å². The average Bonchev–Trinajstić information content (AvgIpc) is 2.86. The molecular weight excluding hydrogens is 440 g/mol. The maximum atomic E-state index is 13.3. The molecule has 35 heavy (non-hydrogen) atoms. The van der Waals surface area contributed by atoms with Crippen LogP contribution in [0.4, 0.5) is 0 Å². The Morgan fingerprint density at radius 3 is 2.03 bits per heavy atom. The molecule has 0 N–H and O–H groups in total. The van der Waals surface area contributed by atoms with Gasteiger partial charge in [0.05, 0.1) is 17.6 Å². The van der Waals surface area contributed by atoms with E-state index in [9.17, 15) is 9.59 Å². The zero-order chi connectivity index (χ0) is 25.0. The molecule has 0 saturated carbocycles. The van der Waals surface area contributed by atoms with Crippen LogP contribution in [0, 0.1) is 0 Å². The lowest BCUT2D eigenvalue weighted by molar-refractivity contribution is 0.305. The van der Waals surface area contributed by atoms with Gasteiger partial charge in [0, 0.05) is 19.2 Å². The molecule has 2 aliphatic heterocycles. The van der Waals surface area contributed by atoms with E-state index in [1.807, 2.05) is 22.8 Å². The summed E-state index contributed by atoms with van der Waals surface area (Å²) < 4.78 is 9.27. The molecule has 0 amide bonds. The summed E-state index contributed by atoms with van der Waals surface area (Å²) in [7, 11) is 0. The SMILES string of the molecule is CCCCCCOc1ccc2nc3c(=O)n(CCCCCC)c(=O)nc-3n(CCCCCC)c2c1. The second kappa shape index (κ2) is 14.0. The summed E-state index contributed by atoms with van der Waals surface area (Å²) in [6, 6.07) is 5.81. The quantitative estimate of drug-likeness (QED) is 0.180. The number of hydrogen-bond donors (Lipinski definition) is 0. The van der Waals surface area contributed by atoms with Gasteiger partial charge in [-0.1, -0.05) is 78.6 Å². The zero-order valence-electron chi connectivity index (χ0n) is 21.9. The molecule has 2 heterocycles. The molecule has 1 aromatic rings. The van der Waals surface area contributed by atoms with Crippen LogP contribution in [0.3, 0.4) is 0 Å². The van der Waals surface area contributed by atoms with Crippen molar-refractivity contribution < 1.29 is 4.74 Å². The van der Waals surface area contributed by atoms with Crippen LogP contribution in [0.1, 0.15) is 97.8 Å². The fourth-order valence-corrected chi connectivity index (χ4v) is 4.47. The predicted octanol–water partition coefficient (Wildman–Crippen LogP) is 6.18. The maximum Gasteiger partial charge on any atom is 0.352 e. The molecule has 0 spiro atoms. The van der Waals surface area contributed by atoms with Gasteiger partial charge in [0.2, 0.25) is 0 Å². The minimum Gasteiger partial charge on any atom is -0.494 e. The van der Waals surface area contributed by atoms with Crippen LogP contribution in [0.5, 0.6) is 5.75 Å². The highest BCUT2D eigenvalue weighted by Crippen LogP contribution is 2.26. The van der Waals surface area contributed by atoms with Gasteiger partial charge in [0.15, 0.2) is 11.5 Å². The Kier molecular flexibility index (Phi) is 10.8. The normalized spacial score (nSPS) is 11.5. The smallest absolute Gasteiger partial charge is 0.352 e. The van der Waals surface area contributed by atoms with Gasteiger partial charge in [0.25, 0.3) is 5.56 Å². The molecule has 0 fully saturated rings. The third-order valence-corrected chi connectivity index (χ3v) is 6.55. The Hall–Kier alpha value is -2.70. The third-order valence-electron chi connectivity index (χ3n) is 6.55. The molecule has 0 bridgehead atoms. The Labute approximate surface area is 208 Å². The van der Waals surface area contributed by atoms with Crippen LogP contribution in [0.2, 0.25) is 0 Å². The van der Waals surface area contributed by atoms with Gasteiger partial charge >= 0.3 is 5.69 Å². The second-order valence-corrected chi connectivity index (χ2v) is 9.47. The monoisotopic (exact) mass is 482 g/mol. The lowest BCUT2D eigenvalue weighted by atomic mass is 10.2. The third kappa shape index (κ3) is 7.15. The lowest BCUT2D eigenvalue weighted by Gasteiger charge is -2.18. The van der Waals surface area contributed by atoms with E-state index in [1.165, 1.54) is 17.4 Å². The minimum absolute atomic E-state index is 0.274. The summed E-state index contributed by atoms with van der Waals surface area (Å²) in [5.41, 5.74) is 1.03. The molecule has 192 valence electrons. The standard InChI is InChI=1S/C28H42N4O3/c1-4-7-10-13-18-31-24-21-22(35-20-15-12-9-6-3)16-17-23(24)29-25-26(31)30-28(34)32(27(25)33)19-14-11-8-5-2/h16-17,21H,4-15,18-20H2,1-3H3. The van der Waals surface area contributed by atoms with Crippen LogP contribution in [0.15, 0.2) is 27.8 Å². The van der Waals surface area contributed by atoms with E-state index in [1.54, 1.807) is 0 Å². The largest absolute Gasteiger partial charge is 0.494 e. The zero-order valence-corrected chi connectivity index (χ0v) is 21.9. The first-order chi connectivity index (χ1) is 17.1. The summed E-state index contributed by atoms with van der Waals surface area (Å²) in [4.78, 5) is 35.2. The van der Waals surface area contributed by atoms with E-state index < -0.39 is 5.69 Å². The molecule has 7 nitrogen and oxygen atoms in total. The van der Waals surface area contributed by atoms with Gasteiger partial charge in [0.1, 0.15) is 5.75 Å². The van der Waals surface area contributed by atoms with Crippen molar-refractivity contribution in [3.63, 3.8) is 0 Å². The molecule has 0 saturated heterocycles. The first kappa shape index (κ1) is 26.9. The maximum absolute atomic E-state index is 13.3. The number of aromatic nitrogens is 4. The molecule has 2 aliphatic rings. The molecule has 0 unspecified atom stereocenters. The highest BCUT2D eigenvalue weighted by molar-refractivity contribution is 5.80. The van der Waals surface area contributed by atoms with Crippen molar-refractivity contribution in [3.8, 4) is 17.3 Å². The Bertz CT molecular complexity index is 1150. The van der Waals surface area contributed by atoms with E-state index in [4.69, 9.17) is 4.74 Å². The number of unbranched alkanes of at least 4 members (excludes halogenated alkanes) is 9. The molecule has 3 rings (SSSR count). The molecule has 7 heteroatoms. The summed E-state index contributed by atoms with van der Waals surface area (Å²) in [5, 5.41) is 0. The van der Waals surface area contributed by atoms with Gasteiger partial charge in [-0.15, -0.1) is 0 Å². The predicted molar refractivity (Wildman–Crippen MR) is 143 cm³/mol. The first-order valence-electron chi connectivity index (χ1n) is 13.7. The molecule has 0 radical (unpaired) electrons. The number of ether oxygens (including phenoxy) is 1.